The Hall–Kier alpha value is -2.89. The molecule has 6 rings (SSSR count). The van der Waals surface area contributed by atoms with E-state index in [9.17, 15) is 19.5 Å². The van der Waals surface area contributed by atoms with Gasteiger partial charge in [-0.3, -0.25) is 19.4 Å². The topological polar surface area (TPSA) is 155 Å². The average Bonchev–Trinajstić information content (AvgIpc) is 3.92. The van der Waals surface area contributed by atoms with Crippen molar-refractivity contribution >= 4 is 58.4 Å². The number of hydrogen-bond donors (Lipinski definition) is 1. The van der Waals surface area contributed by atoms with Crippen LogP contribution in [0.2, 0.25) is 10.0 Å². The van der Waals surface area contributed by atoms with E-state index in [4.69, 9.17) is 56.4 Å². The van der Waals surface area contributed by atoms with E-state index >= 15 is 0 Å². The Labute approximate surface area is 418 Å². The number of Topliss-reactive ketones (excluding diaryl/α,β-unsaturated/α-hetero) is 1. The van der Waals surface area contributed by atoms with Crippen LogP contribution in [-0.4, -0.2) is 133 Å². The molecule has 14 nitrogen and oxygen atoms in total. The third kappa shape index (κ3) is 12.2. The molecule has 1 N–H and O–H groups in total. The summed E-state index contributed by atoms with van der Waals surface area (Å²) in [6.45, 7) is 13.6. The number of carbonyl (C=O) groups excluding carboxylic acids is 3. The normalized spacial score (nSPS) is 34.3. The number of hydrogen-bond acceptors (Lipinski definition) is 15. The van der Waals surface area contributed by atoms with Crippen LogP contribution in [0, 0.1) is 23.7 Å². The maximum absolute atomic E-state index is 14.8. The summed E-state index contributed by atoms with van der Waals surface area (Å²) in [7, 11) is 7.26. The number of aliphatic hydroxyl groups excluding tert-OH is 1. The first-order valence-electron chi connectivity index (χ1n) is 24.4. The number of halogens is 2. The van der Waals surface area contributed by atoms with Crippen molar-refractivity contribution in [2.45, 2.75) is 172 Å². The number of aliphatic hydroxyl groups is 1. The van der Waals surface area contributed by atoms with Crippen molar-refractivity contribution in [3.63, 3.8) is 0 Å². The summed E-state index contributed by atoms with van der Waals surface area (Å²) in [5.74, 6) is -2.59. The lowest BCUT2D eigenvalue weighted by Crippen LogP contribution is -2.56. The molecule has 1 aromatic carbocycles. The van der Waals surface area contributed by atoms with Gasteiger partial charge in [-0.05, 0) is 98.9 Å². The summed E-state index contributed by atoms with van der Waals surface area (Å²) in [5.41, 5.74) is -0.947. The highest BCUT2D eigenvalue weighted by molar-refractivity contribution is 8.00. The van der Waals surface area contributed by atoms with Crippen LogP contribution < -0.4 is 14.4 Å². The molecule has 0 spiro atoms. The van der Waals surface area contributed by atoms with Crippen LogP contribution in [-0.2, 0) is 44.6 Å². The Balaban J connectivity index is 1.30. The molecule has 3 saturated heterocycles. The molecule has 4 heterocycles. The third-order valence-corrected chi connectivity index (χ3v) is 17.2. The van der Waals surface area contributed by atoms with Crippen LogP contribution in [0.4, 0.5) is 5.69 Å². The van der Waals surface area contributed by atoms with Gasteiger partial charge in [0.2, 0.25) is 0 Å². The molecule has 380 valence electrons. The summed E-state index contributed by atoms with van der Waals surface area (Å²) in [6, 6.07) is 6.01. The second-order valence-electron chi connectivity index (χ2n) is 20.1. The summed E-state index contributed by atoms with van der Waals surface area (Å²) in [6.07, 6.45) is 5.81. The summed E-state index contributed by atoms with van der Waals surface area (Å²) >= 11 is 14.8. The van der Waals surface area contributed by atoms with Gasteiger partial charge in [0.05, 0.1) is 53.1 Å². The number of aromatic nitrogens is 1. The summed E-state index contributed by atoms with van der Waals surface area (Å²) < 4.78 is 44.3. The molecule has 1 aliphatic carbocycles. The van der Waals surface area contributed by atoms with Crippen LogP contribution in [0.15, 0.2) is 30.6 Å². The minimum absolute atomic E-state index is 0.0786. The third-order valence-electron chi connectivity index (χ3n) is 15.2. The number of nitrogens with zero attached hydrogens (tertiary/aromatic N) is 3. The molecule has 17 heteroatoms. The minimum atomic E-state index is -1.37. The number of esters is 2. The van der Waals surface area contributed by atoms with Gasteiger partial charge in [-0.1, -0.05) is 44.0 Å². The molecule has 1 saturated carbocycles. The van der Waals surface area contributed by atoms with Crippen LogP contribution in [0.5, 0.6) is 11.5 Å². The fraction of sp³-hybridized carbons (Fsp3) is 0.725. The number of rotatable bonds is 15. The Bertz CT molecular complexity index is 2030. The quantitative estimate of drug-likeness (QED) is 0.169. The number of carbonyl (C=O) groups is 3. The lowest BCUT2D eigenvalue weighted by Gasteiger charge is -2.46. The number of ether oxygens (including phenoxy) is 7. The molecule has 0 radical (unpaired) electrons. The zero-order chi connectivity index (χ0) is 49.7. The second kappa shape index (κ2) is 23.6. The van der Waals surface area contributed by atoms with Crippen molar-refractivity contribution < 1.29 is 52.6 Å². The van der Waals surface area contributed by atoms with Crippen LogP contribution in [0.3, 0.4) is 0 Å². The predicted molar refractivity (Wildman–Crippen MR) is 265 cm³/mol. The number of pyridine rings is 1. The molecule has 4 fully saturated rings. The summed E-state index contributed by atoms with van der Waals surface area (Å²) in [4.78, 5) is 51.8. The first-order chi connectivity index (χ1) is 32.2. The Kier molecular flexibility index (Phi) is 18.9. The molecule has 3 unspecified atom stereocenters. The van der Waals surface area contributed by atoms with Gasteiger partial charge < -0.3 is 48.1 Å². The van der Waals surface area contributed by atoms with E-state index in [0.717, 1.165) is 37.8 Å². The average molecular weight is 1010 g/mol. The zero-order valence-electron chi connectivity index (χ0n) is 41.8. The molecule has 1 aromatic heterocycles. The smallest absolute Gasteiger partial charge is 0.320 e. The first kappa shape index (κ1) is 54.4. The minimum Gasteiger partial charge on any atom is -0.493 e. The zero-order valence-corrected chi connectivity index (χ0v) is 44.2. The second-order valence-corrected chi connectivity index (χ2v) is 22.1. The van der Waals surface area contributed by atoms with Gasteiger partial charge in [0, 0.05) is 92.3 Å². The number of anilines is 1. The fourth-order valence-electron chi connectivity index (χ4n) is 10.9. The number of fused-ring (bicyclic) bond motifs is 1. The molecule has 3 aliphatic heterocycles. The molecule has 4 aliphatic rings. The van der Waals surface area contributed by atoms with Crippen molar-refractivity contribution in [1.82, 2.24) is 9.88 Å². The number of cyclic esters (lactones) is 1. The first-order valence-corrected chi connectivity index (χ1v) is 26.2. The van der Waals surface area contributed by atoms with Crippen LogP contribution in [0.1, 0.15) is 112 Å². The molecule has 13 atom stereocenters. The highest BCUT2D eigenvalue weighted by Gasteiger charge is 2.61. The van der Waals surface area contributed by atoms with Crippen LogP contribution in [0.25, 0.3) is 0 Å². The Morgan fingerprint density at radius 1 is 0.956 bits per heavy atom. The van der Waals surface area contributed by atoms with Crippen LogP contribution >= 0.6 is 35.0 Å². The van der Waals surface area contributed by atoms with Gasteiger partial charge in [-0.2, -0.15) is 0 Å². The van der Waals surface area contributed by atoms with Crippen molar-refractivity contribution in [1.29, 1.82) is 0 Å². The van der Waals surface area contributed by atoms with E-state index in [-0.39, 0.29) is 36.9 Å². The van der Waals surface area contributed by atoms with E-state index < -0.39 is 76.7 Å². The van der Waals surface area contributed by atoms with E-state index in [0.29, 0.717) is 58.8 Å². The molecule has 0 bridgehead atoms. The van der Waals surface area contributed by atoms with Gasteiger partial charge in [-0.25, -0.2) is 0 Å². The molecule has 2 aromatic rings. The van der Waals surface area contributed by atoms with E-state index in [1.54, 1.807) is 40.5 Å². The van der Waals surface area contributed by atoms with Crippen molar-refractivity contribution in [3.05, 3.63) is 46.2 Å². The maximum atomic E-state index is 14.8. The van der Waals surface area contributed by atoms with E-state index in [1.807, 2.05) is 66.9 Å². The maximum Gasteiger partial charge on any atom is 0.320 e. The van der Waals surface area contributed by atoms with Gasteiger partial charge in [0.15, 0.2) is 23.4 Å². The summed E-state index contributed by atoms with van der Waals surface area (Å²) in [5, 5.41) is 12.1. The number of thioether (sulfide) groups is 1. The largest absolute Gasteiger partial charge is 0.493 e. The van der Waals surface area contributed by atoms with E-state index in [1.165, 1.54) is 11.8 Å². The SMILES string of the molecule is CC[C@H]1OC(=O)[C@H](C)[C@@H](O)[C@H](C)[C@@H](O[C@H]2C[C@@H](N(C)C)C[C@@H](C)O2)[C@](C)(OC)CCC(=O)C(C)C2C(SCCN(Cc3c(Cl)cncc3Cl)c3ccc(OC)c(OC4CCCC4)c3)C(=O)O[C@@]21C. The van der Waals surface area contributed by atoms with Gasteiger partial charge in [0.25, 0.3) is 0 Å². The number of methoxy groups -OCH3 is 2. The van der Waals surface area contributed by atoms with Crippen molar-refractivity contribution in [2.75, 3.05) is 45.5 Å². The molecular formula is C51H75Cl2N3O11S. The monoisotopic (exact) mass is 1010 g/mol. The Morgan fingerprint density at radius 3 is 2.28 bits per heavy atom. The van der Waals surface area contributed by atoms with E-state index in [2.05, 4.69) is 14.8 Å². The molecule has 0 amide bonds. The van der Waals surface area contributed by atoms with Crippen molar-refractivity contribution in [2.24, 2.45) is 23.7 Å². The lowest BCUT2D eigenvalue weighted by molar-refractivity contribution is -0.269. The molecule has 68 heavy (non-hydrogen) atoms. The van der Waals surface area contributed by atoms with Gasteiger partial charge >= 0.3 is 11.9 Å². The Morgan fingerprint density at radius 2 is 1.65 bits per heavy atom. The van der Waals surface area contributed by atoms with Gasteiger partial charge in [-0.15, -0.1) is 11.8 Å². The number of benzene rings is 1. The fourth-order valence-corrected chi connectivity index (χ4v) is 12.8. The number of ketones is 1. The lowest BCUT2D eigenvalue weighted by atomic mass is 9.72. The molecular weight excluding hydrogens is 934 g/mol. The predicted octanol–water partition coefficient (Wildman–Crippen LogP) is 8.96. The van der Waals surface area contributed by atoms with Crippen molar-refractivity contribution in [3.8, 4) is 11.5 Å². The highest BCUT2D eigenvalue weighted by atomic mass is 35.5. The van der Waals surface area contributed by atoms with Gasteiger partial charge in [0.1, 0.15) is 17.1 Å². The highest BCUT2D eigenvalue weighted by Crippen LogP contribution is 2.49. The standard InChI is InChI=1S/C51H75Cl2N3O11S/c1-12-42-51(7)44(30(3)39(57)19-20-50(6,62-11)47(31(4)45(58)32(5)48(59)65-42)66-43-25-34(55(8)9)23-29(2)63-43)46(49(60)67-51)68-22-21-56(28-36-37(52)26-54-27-38(36)53)33-17-18-40(61-10)41(24-33)64-35-15-13-14-16-35/h17-18,24,26-27,29-32,34-35,42-47,58H,12-16,19-23,25,28H2,1-11H3/t29-,30?,31+,32-,34+,42-,43+,44?,45+,46?,47-,50-,51-/m1/s1.